The molecule has 2 unspecified atom stereocenters. The highest BCUT2D eigenvalue weighted by molar-refractivity contribution is 5.86. The van der Waals surface area contributed by atoms with Gasteiger partial charge in [0.2, 0.25) is 5.91 Å². The molecule has 0 aliphatic heterocycles. The number of carbonyl (C=O) groups excluding carboxylic acids is 1. The zero-order chi connectivity index (χ0) is 15.7. The van der Waals surface area contributed by atoms with E-state index in [0.717, 1.165) is 16.3 Å². The molecule has 1 aliphatic carbocycles. The lowest BCUT2D eigenvalue weighted by Gasteiger charge is -2.14. The number of benzene rings is 2. The van der Waals surface area contributed by atoms with E-state index in [1.165, 1.54) is 0 Å². The Balaban J connectivity index is 0.00000192. The summed E-state index contributed by atoms with van der Waals surface area (Å²) in [6.45, 7) is -1.45. The maximum absolute atomic E-state index is 13.1. The monoisotopic (exact) mass is 340 g/mol. The summed E-state index contributed by atoms with van der Waals surface area (Å²) in [4.78, 5) is 11.9. The first-order valence-electron chi connectivity index (χ1n) is 7.34. The molecule has 23 heavy (non-hydrogen) atoms. The minimum atomic E-state index is -3.04. The van der Waals surface area contributed by atoms with Crippen LogP contribution in [0.3, 0.4) is 0 Å². The average molecular weight is 341 g/mol. The zero-order valence-electron chi connectivity index (χ0n) is 12.5. The Hall–Kier alpha value is -1.72. The first-order chi connectivity index (χ1) is 10.5. The van der Waals surface area contributed by atoms with Crippen molar-refractivity contribution in [1.29, 1.82) is 0 Å². The average Bonchev–Trinajstić information content (AvgIpc) is 3.33. The summed E-state index contributed by atoms with van der Waals surface area (Å²) >= 11 is 0. The SMILES string of the molecule is Cl.NCC(F)(F)CNC(=O)C1CC1c1ccc2ccccc2c1. The molecule has 3 rings (SSSR count). The first-order valence-corrected chi connectivity index (χ1v) is 7.34. The number of amides is 1. The van der Waals surface area contributed by atoms with Crippen LogP contribution in [0.5, 0.6) is 0 Å². The fourth-order valence-corrected chi connectivity index (χ4v) is 2.71. The predicted octanol–water partition coefficient (Wildman–Crippen LogP) is 3.08. The lowest BCUT2D eigenvalue weighted by molar-refractivity contribution is -0.124. The summed E-state index contributed by atoms with van der Waals surface area (Å²) in [7, 11) is 0. The van der Waals surface area contributed by atoms with Gasteiger partial charge in [-0.2, -0.15) is 0 Å². The highest BCUT2D eigenvalue weighted by atomic mass is 35.5. The first kappa shape index (κ1) is 17.6. The van der Waals surface area contributed by atoms with Gasteiger partial charge in [0.1, 0.15) is 0 Å². The molecule has 2 atom stereocenters. The molecule has 1 amide bonds. The fourth-order valence-electron chi connectivity index (χ4n) is 2.71. The number of carbonyl (C=O) groups is 1. The number of rotatable bonds is 5. The Morgan fingerprint density at radius 3 is 2.61 bits per heavy atom. The van der Waals surface area contributed by atoms with E-state index in [0.29, 0.717) is 6.42 Å². The predicted molar refractivity (Wildman–Crippen MR) is 89.1 cm³/mol. The highest BCUT2D eigenvalue weighted by Gasteiger charge is 2.44. The van der Waals surface area contributed by atoms with E-state index in [1.807, 2.05) is 36.4 Å². The van der Waals surface area contributed by atoms with Crippen LogP contribution < -0.4 is 11.1 Å². The van der Waals surface area contributed by atoms with E-state index < -0.39 is 19.0 Å². The molecule has 0 bridgehead atoms. The molecule has 3 nitrogen and oxygen atoms in total. The minimum absolute atomic E-state index is 0. The molecule has 3 N–H and O–H groups in total. The lowest BCUT2D eigenvalue weighted by Crippen LogP contribution is -2.42. The van der Waals surface area contributed by atoms with Crippen molar-refractivity contribution in [3.63, 3.8) is 0 Å². The molecule has 1 aliphatic rings. The molecule has 0 saturated heterocycles. The summed E-state index contributed by atoms with van der Waals surface area (Å²) in [5, 5.41) is 4.58. The van der Waals surface area contributed by atoms with Crippen LogP contribution in [0, 0.1) is 5.92 Å². The standard InChI is InChI=1S/C17H18F2N2O.ClH/c18-17(19,9-20)10-21-16(22)15-8-14(15)13-6-5-11-3-1-2-4-12(11)7-13;/h1-7,14-15H,8-10,20H2,(H,21,22);1H. The third kappa shape index (κ3) is 3.98. The normalized spacial score (nSPS) is 20.0. The summed E-state index contributed by atoms with van der Waals surface area (Å²) in [6, 6.07) is 14.1. The number of hydrogen-bond donors (Lipinski definition) is 2. The van der Waals surface area contributed by atoms with Gasteiger partial charge in [0.25, 0.3) is 5.92 Å². The molecular formula is C17H19ClF2N2O. The quantitative estimate of drug-likeness (QED) is 0.879. The van der Waals surface area contributed by atoms with Crippen molar-refractivity contribution in [3.8, 4) is 0 Å². The van der Waals surface area contributed by atoms with Gasteiger partial charge in [-0.25, -0.2) is 8.78 Å². The van der Waals surface area contributed by atoms with Gasteiger partial charge in [0, 0.05) is 5.92 Å². The Labute approximate surface area is 139 Å². The highest BCUT2D eigenvalue weighted by Crippen LogP contribution is 2.48. The second-order valence-electron chi connectivity index (χ2n) is 5.83. The van der Waals surface area contributed by atoms with E-state index >= 15 is 0 Å². The van der Waals surface area contributed by atoms with Gasteiger partial charge in [-0.3, -0.25) is 4.79 Å². The smallest absolute Gasteiger partial charge is 0.277 e. The molecular weight excluding hydrogens is 322 g/mol. The van der Waals surface area contributed by atoms with Gasteiger partial charge in [-0.1, -0.05) is 42.5 Å². The largest absolute Gasteiger partial charge is 0.350 e. The lowest BCUT2D eigenvalue weighted by atomic mass is 10.0. The number of hydrogen-bond acceptors (Lipinski definition) is 2. The number of fused-ring (bicyclic) bond motifs is 1. The summed E-state index contributed by atoms with van der Waals surface area (Å²) in [5.41, 5.74) is 6.04. The third-order valence-electron chi connectivity index (χ3n) is 4.15. The topological polar surface area (TPSA) is 55.1 Å². The van der Waals surface area contributed by atoms with Crippen molar-refractivity contribution in [2.45, 2.75) is 18.3 Å². The van der Waals surface area contributed by atoms with Gasteiger partial charge < -0.3 is 11.1 Å². The van der Waals surface area contributed by atoms with E-state index in [4.69, 9.17) is 5.73 Å². The Morgan fingerprint density at radius 2 is 1.91 bits per heavy atom. The van der Waals surface area contributed by atoms with Gasteiger partial charge in [0.15, 0.2) is 0 Å². The molecule has 0 heterocycles. The van der Waals surface area contributed by atoms with Crippen LogP contribution in [0.25, 0.3) is 10.8 Å². The van der Waals surface area contributed by atoms with E-state index in [9.17, 15) is 13.6 Å². The molecule has 0 radical (unpaired) electrons. The number of halogens is 3. The van der Waals surface area contributed by atoms with Crippen molar-refractivity contribution in [2.75, 3.05) is 13.1 Å². The Kier molecular flexibility index (Phi) is 5.22. The minimum Gasteiger partial charge on any atom is -0.350 e. The molecule has 1 saturated carbocycles. The van der Waals surface area contributed by atoms with Crippen molar-refractivity contribution in [2.24, 2.45) is 11.7 Å². The maximum atomic E-state index is 13.1. The number of nitrogens with one attached hydrogen (secondary N) is 1. The van der Waals surface area contributed by atoms with Crippen molar-refractivity contribution >= 4 is 29.1 Å². The van der Waals surface area contributed by atoms with Crippen LogP contribution in [0.2, 0.25) is 0 Å². The number of nitrogens with two attached hydrogens (primary N) is 1. The van der Waals surface area contributed by atoms with Gasteiger partial charge in [0.05, 0.1) is 13.1 Å². The van der Waals surface area contributed by atoms with Crippen molar-refractivity contribution in [3.05, 3.63) is 48.0 Å². The third-order valence-corrected chi connectivity index (χ3v) is 4.15. The molecule has 2 aromatic carbocycles. The Bertz CT molecular complexity index is 708. The van der Waals surface area contributed by atoms with E-state index in [2.05, 4.69) is 11.4 Å². The zero-order valence-corrected chi connectivity index (χ0v) is 13.3. The molecule has 124 valence electrons. The summed E-state index contributed by atoms with van der Waals surface area (Å²) < 4.78 is 26.1. The van der Waals surface area contributed by atoms with E-state index in [-0.39, 0.29) is 30.2 Å². The van der Waals surface area contributed by atoms with Crippen molar-refractivity contribution in [1.82, 2.24) is 5.32 Å². The van der Waals surface area contributed by atoms with Gasteiger partial charge in [-0.05, 0) is 28.7 Å². The molecule has 2 aromatic rings. The van der Waals surface area contributed by atoms with Crippen LogP contribution in [-0.4, -0.2) is 24.9 Å². The fraction of sp³-hybridized carbons (Fsp3) is 0.353. The molecule has 0 aromatic heterocycles. The Morgan fingerprint density at radius 1 is 1.22 bits per heavy atom. The maximum Gasteiger partial charge on any atom is 0.277 e. The van der Waals surface area contributed by atoms with Gasteiger partial charge in [-0.15, -0.1) is 12.4 Å². The van der Waals surface area contributed by atoms with Gasteiger partial charge >= 0.3 is 0 Å². The second-order valence-corrected chi connectivity index (χ2v) is 5.83. The second kappa shape index (κ2) is 6.81. The molecule has 6 heteroatoms. The van der Waals surface area contributed by atoms with Crippen LogP contribution in [-0.2, 0) is 4.79 Å². The van der Waals surface area contributed by atoms with Crippen LogP contribution in [0.1, 0.15) is 17.9 Å². The van der Waals surface area contributed by atoms with Crippen LogP contribution in [0.15, 0.2) is 42.5 Å². The van der Waals surface area contributed by atoms with Crippen molar-refractivity contribution < 1.29 is 13.6 Å². The summed E-state index contributed by atoms with van der Waals surface area (Å²) in [6.07, 6.45) is 0.707. The van der Waals surface area contributed by atoms with E-state index in [1.54, 1.807) is 0 Å². The number of alkyl halides is 2. The molecule has 1 fully saturated rings. The van der Waals surface area contributed by atoms with Crippen LogP contribution >= 0.6 is 12.4 Å². The van der Waals surface area contributed by atoms with Crippen LogP contribution in [0.4, 0.5) is 8.78 Å². The molecule has 0 spiro atoms. The summed E-state index contributed by atoms with van der Waals surface area (Å²) in [5.74, 6) is -3.44.